The maximum Gasteiger partial charge on any atom is 0.274 e. The fourth-order valence-electron chi connectivity index (χ4n) is 4.88. The van der Waals surface area contributed by atoms with Crippen LogP contribution in [0.15, 0.2) is 0 Å². The molecule has 4 rings (SSSR count). The topological polar surface area (TPSA) is 75.1 Å². The van der Waals surface area contributed by atoms with Crippen LogP contribution in [-0.2, 0) is 0 Å². The average molecular weight is 361 g/mol. The standard InChI is InChI=1S/C19H32N6O/c1-14-18(22-23-25(14)17-6-9-20-10-7-17)19(26)21-16-8-11-24(13-16)12-15-4-2-3-5-15/h15-17,20H,2-13H2,1H3,(H,21,26)/t16-/m0/s1. The van der Waals surface area contributed by atoms with Crippen LogP contribution in [-0.4, -0.2) is 64.6 Å². The molecule has 1 aliphatic carbocycles. The SMILES string of the molecule is Cc1c(C(=O)N[C@H]2CCN(CC3CCCC3)C2)nnn1C1CCNCC1. The van der Waals surface area contributed by atoms with E-state index in [1.807, 2.05) is 11.6 Å². The first-order chi connectivity index (χ1) is 12.7. The highest BCUT2D eigenvalue weighted by Crippen LogP contribution is 2.27. The summed E-state index contributed by atoms with van der Waals surface area (Å²) in [7, 11) is 0. The lowest BCUT2D eigenvalue weighted by molar-refractivity contribution is 0.0931. The van der Waals surface area contributed by atoms with Crippen LogP contribution in [0.5, 0.6) is 0 Å². The van der Waals surface area contributed by atoms with Gasteiger partial charge in [-0.2, -0.15) is 0 Å². The molecule has 2 saturated heterocycles. The van der Waals surface area contributed by atoms with Gasteiger partial charge in [0.1, 0.15) is 0 Å². The van der Waals surface area contributed by atoms with E-state index in [0.29, 0.717) is 11.7 Å². The molecule has 1 aromatic heterocycles. The fraction of sp³-hybridized carbons (Fsp3) is 0.842. The summed E-state index contributed by atoms with van der Waals surface area (Å²) in [5, 5.41) is 15.1. The van der Waals surface area contributed by atoms with E-state index >= 15 is 0 Å². The predicted octanol–water partition coefficient (Wildman–Crippen LogP) is 1.51. The van der Waals surface area contributed by atoms with Crippen molar-refractivity contribution in [1.82, 2.24) is 30.5 Å². The molecule has 0 unspecified atom stereocenters. The number of carbonyl (C=O) groups excluding carboxylic acids is 1. The number of carbonyl (C=O) groups is 1. The Morgan fingerprint density at radius 1 is 1.19 bits per heavy atom. The number of nitrogens with one attached hydrogen (secondary N) is 2. The van der Waals surface area contributed by atoms with Crippen LogP contribution in [0.4, 0.5) is 0 Å². The van der Waals surface area contributed by atoms with Gasteiger partial charge in [-0.15, -0.1) is 5.10 Å². The molecule has 3 aliphatic rings. The molecule has 1 saturated carbocycles. The van der Waals surface area contributed by atoms with Gasteiger partial charge in [0.25, 0.3) is 5.91 Å². The molecule has 7 nitrogen and oxygen atoms in total. The van der Waals surface area contributed by atoms with Gasteiger partial charge >= 0.3 is 0 Å². The van der Waals surface area contributed by atoms with Gasteiger partial charge in [0, 0.05) is 25.7 Å². The van der Waals surface area contributed by atoms with E-state index in [4.69, 9.17) is 0 Å². The van der Waals surface area contributed by atoms with E-state index in [9.17, 15) is 4.79 Å². The fourth-order valence-corrected chi connectivity index (χ4v) is 4.88. The van der Waals surface area contributed by atoms with E-state index in [-0.39, 0.29) is 11.9 Å². The molecule has 26 heavy (non-hydrogen) atoms. The Bertz CT molecular complexity index is 618. The largest absolute Gasteiger partial charge is 0.347 e. The van der Waals surface area contributed by atoms with Gasteiger partial charge in [-0.3, -0.25) is 4.79 Å². The van der Waals surface area contributed by atoms with E-state index in [2.05, 4.69) is 25.8 Å². The molecule has 3 heterocycles. The minimum absolute atomic E-state index is 0.0598. The first kappa shape index (κ1) is 17.9. The van der Waals surface area contributed by atoms with Crippen LogP contribution in [0.2, 0.25) is 0 Å². The zero-order valence-electron chi connectivity index (χ0n) is 15.9. The monoisotopic (exact) mass is 360 g/mol. The van der Waals surface area contributed by atoms with Gasteiger partial charge in [-0.05, 0) is 58.0 Å². The molecule has 0 radical (unpaired) electrons. The summed E-state index contributed by atoms with van der Waals surface area (Å²) in [6.07, 6.45) is 8.68. The van der Waals surface area contributed by atoms with Gasteiger partial charge < -0.3 is 15.5 Å². The summed E-state index contributed by atoms with van der Waals surface area (Å²) < 4.78 is 1.96. The number of nitrogens with zero attached hydrogens (tertiary/aromatic N) is 4. The molecule has 1 aromatic rings. The van der Waals surface area contributed by atoms with Gasteiger partial charge in [0.2, 0.25) is 0 Å². The van der Waals surface area contributed by atoms with E-state index < -0.39 is 0 Å². The summed E-state index contributed by atoms with van der Waals surface area (Å²) in [5.74, 6) is 0.812. The smallest absolute Gasteiger partial charge is 0.274 e. The van der Waals surface area contributed by atoms with Crippen molar-refractivity contribution in [3.63, 3.8) is 0 Å². The quantitative estimate of drug-likeness (QED) is 0.832. The molecule has 1 amide bonds. The van der Waals surface area contributed by atoms with Crippen LogP contribution in [0.3, 0.4) is 0 Å². The Kier molecular flexibility index (Phi) is 5.55. The molecule has 2 N–H and O–H groups in total. The lowest BCUT2D eigenvalue weighted by Gasteiger charge is -2.23. The number of rotatable bonds is 5. The number of aromatic nitrogens is 3. The molecule has 144 valence electrons. The highest BCUT2D eigenvalue weighted by molar-refractivity contribution is 5.93. The minimum Gasteiger partial charge on any atom is -0.347 e. The minimum atomic E-state index is -0.0598. The summed E-state index contributed by atoms with van der Waals surface area (Å²) >= 11 is 0. The molecule has 0 aromatic carbocycles. The van der Waals surface area contributed by atoms with Crippen LogP contribution in [0, 0.1) is 12.8 Å². The first-order valence-electron chi connectivity index (χ1n) is 10.4. The van der Waals surface area contributed by atoms with Crippen molar-refractivity contribution in [2.24, 2.45) is 5.92 Å². The zero-order chi connectivity index (χ0) is 17.9. The van der Waals surface area contributed by atoms with E-state index in [1.165, 1.54) is 32.2 Å². The zero-order valence-corrected chi connectivity index (χ0v) is 15.9. The summed E-state index contributed by atoms with van der Waals surface area (Å²) in [6, 6.07) is 0.603. The number of piperidine rings is 1. The van der Waals surface area contributed by atoms with E-state index in [0.717, 1.165) is 57.1 Å². The third-order valence-corrected chi connectivity index (χ3v) is 6.40. The third-order valence-electron chi connectivity index (χ3n) is 6.40. The van der Waals surface area contributed by atoms with Crippen molar-refractivity contribution >= 4 is 5.91 Å². The molecule has 0 spiro atoms. The molecule has 1 atom stereocenters. The Labute approximate surface area is 155 Å². The molecular formula is C19H32N6O. The van der Waals surface area contributed by atoms with Crippen molar-refractivity contribution in [3.8, 4) is 0 Å². The summed E-state index contributed by atoms with van der Waals surface area (Å²) in [5.41, 5.74) is 1.40. The van der Waals surface area contributed by atoms with Crippen LogP contribution in [0.1, 0.15) is 67.2 Å². The summed E-state index contributed by atoms with van der Waals surface area (Å²) in [4.78, 5) is 15.2. The van der Waals surface area contributed by atoms with Gasteiger partial charge in [-0.25, -0.2) is 4.68 Å². The average Bonchev–Trinajstić information content (AvgIpc) is 3.38. The number of hydrogen-bond donors (Lipinski definition) is 2. The van der Waals surface area contributed by atoms with Crippen molar-refractivity contribution < 1.29 is 4.79 Å². The second-order valence-electron chi connectivity index (χ2n) is 8.32. The van der Waals surface area contributed by atoms with Crippen LogP contribution < -0.4 is 10.6 Å². The van der Waals surface area contributed by atoms with Crippen molar-refractivity contribution in [3.05, 3.63) is 11.4 Å². The summed E-state index contributed by atoms with van der Waals surface area (Å²) in [6.45, 7) is 7.26. The second kappa shape index (κ2) is 8.05. The number of likely N-dealkylation sites (tertiary alicyclic amines) is 1. The molecule has 0 bridgehead atoms. The van der Waals surface area contributed by atoms with Crippen LogP contribution >= 0.6 is 0 Å². The molecular weight excluding hydrogens is 328 g/mol. The first-order valence-corrected chi connectivity index (χ1v) is 10.4. The normalized spacial score (nSPS) is 25.8. The Morgan fingerprint density at radius 2 is 1.96 bits per heavy atom. The maximum absolute atomic E-state index is 12.7. The third kappa shape index (κ3) is 3.93. The van der Waals surface area contributed by atoms with Crippen LogP contribution in [0.25, 0.3) is 0 Å². The second-order valence-corrected chi connectivity index (χ2v) is 8.32. The van der Waals surface area contributed by atoms with Crippen molar-refractivity contribution in [2.45, 2.75) is 64.0 Å². The molecule has 3 fully saturated rings. The Morgan fingerprint density at radius 3 is 2.73 bits per heavy atom. The van der Waals surface area contributed by atoms with E-state index in [1.54, 1.807) is 0 Å². The van der Waals surface area contributed by atoms with Crippen molar-refractivity contribution in [2.75, 3.05) is 32.7 Å². The lowest BCUT2D eigenvalue weighted by atomic mass is 10.1. The van der Waals surface area contributed by atoms with Gasteiger partial charge in [0.15, 0.2) is 5.69 Å². The highest BCUT2D eigenvalue weighted by Gasteiger charge is 2.29. The van der Waals surface area contributed by atoms with Gasteiger partial charge in [-0.1, -0.05) is 18.1 Å². The maximum atomic E-state index is 12.7. The number of amides is 1. The molecule has 7 heteroatoms. The number of hydrogen-bond acceptors (Lipinski definition) is 5. The lowest BCUT2D eigenvalue weighted by Crippen LogP contribution is -2.38. The highest BCUT2D eigenvalue weighted by atomic mass is 16.2. The van der Waals surface area contributed by atoms with Crippen molar-refractivity contribution in [1.29, 1.82) is 0 Å². The Hall–Kier alpha value is -1.47. The van der Waals surface area contributed by atoms with Gasteiger partial charge in [0.05, 0.1) is 11.7 Å². The Balaban J connectivity index is 1.31. The molecule has 2 aliphatic heterocycles. The predicted molar refractivity (Wildman–Crippen MR) is 100 cm³/mol.